The van der Waals surface area contributed by atoms with E-state index in [0.29, 0.717) is 10.2 Å². The van der Waals surface area contributed by atoms with Crippen molar-refractivity contribution < 1.29 is 8.42 Å². The molecule has 0 fully saturated rings. The maximum Gasteiger partial charge on any atom is 0.283 e. The van der Waals surface area contributed by atoms with Crippen molar-refractivity contribution >= 4 is 31.6 Å². The van der Waals surface area contributed by atoms with Crippen LogP contribution < -0.4 is 15.6 Å². The zero-order chi connectivity index (χ0) is 14.6. The zero-order valence-electron chi connectivity index (χ0n) is 11.0. The summed E-state index contributed by atoms with van der Waals surface area (Å²) in [6.07, 6.45) is 1.50. The Morgan fingerprint density at radius 1 is 1.47 bits per heavy atom. The summed E-state index contributed by atoms with van der Waals surface area (Å²) in [6, 6.07) is -0.0393. The van der Waals surface area contributed by atoms with Crippen LogP contribution in [0.2, 0.25) is 0 Å². The predicted molar refractivity (Wildman–Crippen MR) is 77.9 cm³/mol. The number of hydrogen-bond donors (Lipinski definition) is 2. The van der Waals surface area contributed by atoms with Crippen molar-refractivity contribution in [2.75, 3.05) is 24.7 Å². The molecule has 0 radical (unpaired) electrons. The van der Waals surface area contributed by atoms with Gasteiger partial charge >= 0.3 is 0 Å². The fourth-order valence-corrected chi connectivity index (χ4v) is 2.36. The monoisotopic (exact) mass is 352 g/mol. The van der Waals surface area contributed by atoms with Crippen LogP contribution in [0.25, 0.3) is 0 Å². The largest absolute Gasteiger partial charge is 0.382 e. The standard InChI is InChI=1S/C10H17BrN4O3S/c1-7(2)15-10(16)9(11)8(6-14-15)13-4-5-19(17,18)12-3/h6-7,12-13H,4-5H2,1-3H3. The summed E-state index contributed by atoms with van der Waals surface area (Å²) in [5, 5.41) is 6.89. The predicted octanol–water partition coefficient (Wildman–Crippen LogP) is 0.548. The first-order valence-corrected chi connectivity index (χ1v) is 8.15. The van der Waals surface area contributed by atoms with Gasteiger partial charge in [0.25, 0.3) is 5.56 Å². The highest BCUT2D eigenvalue weighted by molar-refractivity contribution is 9.10. The Hall–Kier alpha value is -0.930. The van der Waals surface area contributed by atoms with Gasteiger partial charge in [0.15, 0.2) is 0 Å². The zero-order valence-corrected chi connectivity index (χ0v) is 13.4. The Bertz CT molecular complexity index is 597. The summed E-state index contributed by atoms with van der Waals surface area (Å²) >= 11 is 3.20. The molecular weight excluding hydrogens is 336 g/mol. The van der Waals surface area contributed by atoms with E-state index in [-0.39, 0.29) is 23.9 Å². The van der Waals surface area contributed by atoms with Crippen LogP contribution in [0.3, 0.4) is 0 Å². The normalized spacial score (nSPS) is 11.8. The molecule has 1 heterocycles. The topological polar surface area (TPSA) is 93.1 Å². The second-order valence-electron chi connectivity index (χ2n) is 4.17. The van der Waals surface area contributed by atoms with Crippen LogP contribution in [0, 0.1) is 0 Å². The number of nitrogens with one attached hydrogen (secondary N) is 2. The maximum atomic E-state index is 11.9. The van der Waals surface area contributed by atoms with Crippen molar-refractivity contribution in [3.63, 3.8) is 0 Å². The van der Waals surface area contributed by atoms with Gasteiger partial charge in [0.1, 0.15) is 4.47 Å². The first-order valence-electron chi connectivity index (χ1n) is 5.71. The molecule has 1 aromatic rings. The summed E-state index contributed by atoms with van der Waals surface area (Å²) in [7, 11) is -1.91. The number of nitrogens with zero attached hydrogens (tertiary/aromatic N) is 2. The fraction of sp³-hybridized carbons (Fsp3) is 0.600. The van der Waals surface area contributed by atoms with Crippen molar-refractivity contribution in [2.45, 2.75) is 19.9 Å². The lowest BCUT2D eigenvalue weighted by Gasteiger charge is -2.12. The van der Waals surface area contributed by atoms with Gasteiger partial charge < -0.3 is 5.32 Å². The molecule has 0 bridgehead atoms. The highest BCUT2D eigenvalue weighted by atomic mass is 79.9. The summed E-state index contributed by atoms with van der Waals surface area (Å²) in [4.78, 5) is 11.9. The average molecular weight is 353 g/mol. The van der Waals surface area contributed by atoms with Crippen molar-refractivity contribution in [3.05, 3.63) is 21.0 Å². The second-order valence-corrected chi connectivity index (χ2v) is 7.00. The third-order valence-electron chi connectivity index (χ3n) is 2.43. The van der Waals surface area contributed by atoms with Gasteiger partial charge in [0.05, 0.1) is 23.7 Å². The minimum Gasteiger partial charge on any atom is -0.382 e. The highest BCUT2D eigenvalue weighted by Gasteiger charge is 2.12. The van der Waals surface area contributed by atoms with Gasteiger partial charge in [-0.2, -0.15) is 5.10 Å². The molecule has 19 heavy (non-hydrogen) atoms. The lowest BCUT2D eigenvalue weighted by Crippen LogP contribution is -2.28. The highest BCUT2D eigenvalue weighted by Crippen LogP contribution is 2.16. The lowest BCUT2D eigenvalue weighted by molar-refractivity contribution is 0.501. The maximum absolute atomic E-state index is 11.9. The fourth-order valence-electron chi connectivity index (χ4n) is 1.36. The van der Waals surface area contributed by atoms with Crippen LogP contribution in [-0.2, 0) is 10.0 Å². The van der Waals surface area contributed by atoms with E-state index >= 15 is 0 Å². The number of hydrogen-bond acceptors (Lipinski definition) is 5. The first kappa shape index (κ1) is 16.1. The molecule has 0 unspecified atom stereocenters. The van der Waals surface area contributed by atoms with Crippen molar-refractivity contribution in [2.24, 2.45) is 0 Å². The van der Waals surface area contributed by atoms with Gasteiger partial charge in [-0.25, -0.2) is 17.8 Å². The van der Waals surface area contributed by atoms with Crippen LogP contribution in [0.15, 0.2) is 15.5 Å². The third kappa shape index (κ3) is 4.29. The summed E-state index contributed by atoms with van der Waals surface area (Å²) in [6.45, 7) is 3.90. The first-order chi connectivity index (χ1) is 8.78. The average Bonchev–Trinajstić information content (AvgIpc) is 2.34. The summed E-state index contributed by atoms with van der Waals surface area (Å²) < 4.78 is 26.4. The molecule has 1 aromatic heterocycles. The Balaban J connectivity index is 2.82. The molecule has 0 aromatic carbocycles. The van der Waals surface area contributed by atoms with Gasteiger partial charge in [-0.1, -0.05) is 0 Å². The molecule has 0 aliphatic heterocycles. The molecule has 7 nitrogen and oxygen atoms in total. The Morgan fingerprint density at radius 2 is 2.11 bits per heavy atom. The summed E-state index contributed by atoms with van der Waals surface area (Å²) in [5.41, 5.74) is 0.227. The number of sulfonamides is 1. The van der Waals surface area contributed by atoms with Crippen molar-refractivity contribution in [1.29, 1.82) is 0 Å². The van der Waals surface area contributed by atoms with Crippen molar-refractivity contribution in [3.8, 4) is 0 Å². The molecule has 0 spiro atoms. The molecule has 0 aliphatic carbocycles. The SMILES string of the molecule is CNS(=O)(=O)CCNc1cnn(C(C)C)c(=O)c1Br. The van der Waals surface area contributed by atoms with Gasteiger partial charge in [-0.3, -0.25) is 4.79 Å². The van der Waals surface area contributed by atoms with E-state index in [1.54, 1.807) is 0 Å². The molecule has 0 saturated carbocycles. The third-order valence-corrected chi connectivity index (χ3v) is 4.56. The molecule has 0 amide bonds. The number of anilines is 1. The molecule has 0 atom stereocenters. The molecule has 2 N–H and O–H groups in total. The molecule has 0 aliphatic rings. The Kier molecular flexibility index (Phi) is 5.50. The van der Waals surface area contributed by atoms with Crippen LogP contribution >= 0.6 is 15.9 Å². The van der Waals surface area contributed by atoms with E-state index in [2.05, 4.69) is 31.1 Å². The van der Waals surface area contributed by atoms with Crippen LogP contribution in [-0.4, -0.2) is 37.5 Å². The minimum atomic E-state index is -3.27. The number of rotatable bonds is 6. The van der Waals surface area contributed by atoms with Crippen molar-refractivity contribution in [1.82, 2.24) is 14.5 Å². The van der Waals surface area contributed by atoms with E-state index in [4.69, 9.17) is 0 Å². The molecule has 9 heteroatoms. The molecule has 108 valence electrons. The van der Waals surface area contributed by atoms with E-state index in [1.807, 2.05) is 13.8 Å². The van der Waals surface area contributed by atoms with E-state index in [1.165, 1.54) is 17.9 Å². The van der Waals surface area contributed by atoms with E-state index < -0.39 is 10.0 Å². The van der Waals surface area contributed by atoms with E-state index in [0.717, 1.165) is 0 Å². The lowest BCUT2D eigenvalue weighted by atomic mass is 10.4. The molecule has 0 saturated heterocycles. The Morgan fingerprint density at radius 3 is 2.63 bits per heavy atom. The molecule has 1 rings (SSSR count). The van der Waals surface area contributed by atoms with Gasteiger partial charge in [-0.05, 0) is 36.8 Å². The smallest absolute Gasteiger partial charge is 0.283 e. The quantitative estimate of drug-likeness (QED) is 0.779. The number of aromatic nitrogens is 2. The van der Waals surface area contributed by atoms with Crippen LogP contribution in [0.5, 0.6) is 0 Å². The van der Waals surface area contributed by atoms with Gasteiger partial charge in [-0.15, -0.1) is 0 Å². The minimum absolute atomic E-state index is 0.0393. The molecular formula is C10H17BrN4O3S. The van der Waals surface area contributed by atoms with Gasteiger partial charge in [0.2, 0.25) is 10.0 Å². The van der Waals surface area contributed by atoms with Crippen LogP contribution in [0.1, 0.15) is 19.9 Å². The Labute approximate surface area is 120 Å². The van der Waals surface area contributed by atoms with Gasteiger partial charge in [0, 0.05) is 6.54 Å². The van der Waals surface area contributed by atoms with E-state index in [9.17, 15) is 13.2 Å². The number of halogens is 1. The van der Waals surface area contributed by atoms with Crippen LogP contribution in [0.4, 0.5) is 5.69 Å². The summed E-state index contributed by atoms with van der Waals surface area (Å²) in [5.74, 6) is -0.0802. The second kappa shape index (κ2) is 6.49.